The molecule has 0 bridgehead atoms. The summed E-state index contributed by atoms with van der Waals surface area (Å²) < 4.78 is 32.2. The molecule has 0 spiro atoms. The molecular formula is C16H16BrNO4S. The Hall–Kier alpha value is -1.86. The van der Waals surface area contributed by atoms with E-state index < -0.39 is 16.0 Å². The first kappa shape index (κ1) is 17.5. The summed E-state index contributed by atoms with van der Waals surface area (Å²) in [5, 5.41) is 0. The zero-order valence-electron chi connectivity index (χ0n) is 12.5. The van der Waals surface area contributed by atoms with Gasteiger partial charge in [0.05, 0.1) is 17.0 Å². The maximum absolute atomic E-state index is 12.7. The molecule has 5 nitrogen and oxygen atoms in total. The van der Waals surface area contributed by atoms with Crippen molar-refractivity contribution in [1.29, 1.82) is 0 Å². The number of nitrogens with zero attached hydrogens (tertiary/aromatic N) is 1. The molecule has 0 N–H and O–H groups in total. The van der Waals surface area contributed by atoms with Crippen molar-refractivity contribution in [3.8, 4) is 0 Å². The second kappa shape index (κ2) is 7.14. The van der Waals surface area contributed by atoms with Crippen LogP contribution in [0.5, 0.6) is 0 Å². The van der Waals surface area contributed by atoms with Crippen LogP contribution in [0.4, 0.5) is 0 Å². The number of ether oxygens (including phenoxy) is 1. The number of hydrogen-bond acceptors (Lipinski definition) is 4. The molecule has 23 heavy (non-hydrogen) atoms. The lowest BCUT2D eigenvalue weighted by Crippen LogP contribution is -2.16. The fourth-order valence-corrected chi connectivity index (χ4v) is 3.84. The van der Waals surface area contributed by atoms with Gasteiger partial charge in [0, 0.05) is 10.7 Å². The summed E-state index contributed by atoms with van der Waals surface area (Å²) in [6.45, 7) is 5.19. The van der Waals surface area contributed by atoms with Crippen LogP contribution in [-0.4, -0.2) is 18.4 Å². The van der Waals surface area contributed by atoms with E-state index in [4.69, 9.17) is 4.74 Å². The minimum absolute atomic E-state index is 0.0725. The Kier molecular flexibility index (Phi) is 5.43. The molecule has 0 amide bonds. The van der Waals surface area contributed by atoms with Crippen LogP contribution in [0.15, 0.2) is 58.6 Å². The average molecular weight is 398 g/mol. The lowest BCUT2D eigenvalue weighted by Gasteiger charge is -2.11. The smallest absolute Gasteiger partial charge is 0.310 e. The molecule has 122 valence electrons. The molecule has 0 aliphatic rings. The topological polar surface area (TPSA) is 65.4 Å². The molecule has 0 fully saturated rings. The van der Waals surface area contributed by atoms with Gasteiger partial charge in [-0.15, -0.1) is 6.58 Å². The second-order valence-corrected chi connectivity index (χ2v) is 7.55. The zero-order chi connectivity index (χ0) is 17.0. The Morgan fingerprint density at radius 3 is 2.57 bits per heavy atom. The minimum Gasteiger partial charge on any atom is -0.459 e. The molecule has 1 aromatic heterocycles. The van der Waals surface area contributed by atoms with E-state index in [9.17, 15) is 13.2 Å². The van der Waals surface area contributed by atoms with Gasteiger partial charge in [-0.1, -0.05) is 23.8 Å². The highest BCUT2D eigenvalue weighted by molar-refractivity contribution is 9.10. The molecular weight excluding hydrogens is 382 g/mol. The lowest BCUT2D eigenvalue weighted by molar-refractivity contribution is -0.144. The maximum atomic E-state index is 12.7. The van der Waals surface area contributed by atoms with E-state index in [0.29, 0.717) is 10.2 Å². The monoisotopic (exact) mass is 397 g/mol. The molecule has 1 aromatic carbocycles. The van der Waals surface area contributed by atoms with Crippen molar-refractivity contribution in [3.63, 3.8) is 0 Å². The summed E-state index contributed by atoms with van der Waals surface area (Å²) in [6, 6.07) is 8.16. The van der Waals surface area contributed by atoms with Crippen molar-refractivity contribution in [2.45, 2.75) is 24.8 Å². The molecule has 0 atom stereocenters. The number of halogens is 1. The molecule has 0 unspecified atom stereocenters. The third kappa shape index (κ3) is 3.92. The fraction of sp³-hybridized carbons (Fsp3) is 0.188. The number of aromatic nitrogens is 1. The third-order valence-corrected chi connectivity index (χ3v) is 5.61. The number of aryl methyl sites for hydroxylation is 1. The standard InChI is InChI=1S/C16H16BrNO4S/c1-3-4-16(19)22-11-15-14(17)9-10-18(15)23(20,21)13-7-5-12(2)6-8-13/h3,5-10H,1,4,11H2,2H3. The number of carbonyl (C=O) groups is 1. The van der Waals surface area contributed by atoms with Crippen LogP contribution in [0, 0.1) is 6.92 Å². The summed E-state index contributed by atoms with van der Waals surface area (Å²) in [5.74, 6) is -0.465. The van der Waals surface area contributed by atoms with Gasteiger partial charge >= 0.3 is 5.97 Å². The quantitative estimate of drug-likeness (QED) is 0.553. The fourth-order valence-electron chi connectivity index (χ4n) is 1.93. The summed E-state index contributed by atoms with van der Waals surface area (Å²) in [6.07, 6.45) is 2.93. The Labute approximate surface area is 143 Å². The Bertz CT molecular complexity index is 822. The Morgan fingerprint density at radius 2 is 1.96 bits per heavy atom. The summed E-state index contributed by atoms with van der Waals surface area (Å²) in [4.78, 5) is 11.6. The molecule has 0 aliphatic heterocycles. The van der Waals surface area contributed by atoms with E-state index in [1.807, 2.05) is 6.92 Å². The predicted octanol–water partition coefficient (Wildman–Crippen LogP) is 3.42. The van der Waals surface area contributed by atoms with Crippen LogP contribution in [0.1, 0.15) is 17.7 Å². The van der Waals surface area contributed by atoms with Gasteiger partial charge in [0.25, 0.3) is 10.0 Å². The van der Waals surface area contributed by atoms with Gasteiger partial charge in [0.1, 0.15) is 6.61 Å². The van der Waals surface area contributed by atoms with Gasteiger partial charge < -0.3 is 4.74 Å². The van der Waals surface area contributed by atoms with Crippen molar-refractivity contribution in [2.24, 2.45) is 0 Å². The third-order valence-electron chi connectivity index (χ3n) is 3.16. The first-order valence-corrected chi connectivity index (χ1v) is 9.04. The van der Waals surface area contributed by atoms with E-state index in [2.05, 4.69) is 22.5 Å². The van der Waals surface area contributed by atoms with Gasteiger partial charge in [-0.25, -0.2) is 12.4 Å². The first-order chi connectivity index (χ1) is 10.9. The normalized spacial score (nSPS) is 11.2. The molecule has 0 saturated heterocycles. The van der Waals surface area contributed by atoms with E-state index >= 15 is 0 Å². The van der Waals surface area contributed by atoms with Crippen LogP contribution in [-0.2, 0) is 26.2 Å². The van der Waals surface area contributed by atoms with Gasteiger partial charge in [-0.2, -0.15) is 0 Å². The van der Waals surface area contributed by atoms with Gasteiger partial charge in [-0.3, -0.25) is 4.79 Å². The number of rotatable bonds is 6. The van der Waals surface area contributed by atoms with Gasteiger partial charge in [0.2, 0.25) is 0 Å². The van der Waals surface area contributed by atoms with Crippen molar-refractivity contribution >= 4 is 31.9 Å². The van der Waals surface area contributed by atoms with E-state index in [1.165, 1.54) is 12.3 Å². The molecule has 0 saturated carbocycles. The minimum atomic E-state index is -3.75. The Morgan fingerprint density at radius 1 is 1.30 bits per heavy atom. The summed E-state index contributed by atoms with van der Waals surface area (Å²) in [7, 11) is -3.75. The summed E-state index contributed by atoms with van der Waals surface area (Å²) in [5.41, 5.74) is 1.32. The lowest BCUT2D eigenvalue weighted by atomic mass is 10.2. The van der Waals surface area contributed by atoms with Crippen LogP contribution in [0.2, 0.25) is 0 Å². The van der Waals surface area contributed by atoms with Crippen molar-refractivity contribution < 1.29 is 17.9 Å². The van der Waals surface area contributed by atoms with E-state index in [-0.39, 0.29) is 17.9 Å². The average Bonchev–Trinajstić information content (AvgIpc) is 2.87. The zero-order valence-corrected chi connectivity index (χ0v) is 14.9. The van der Waals surface area contributed by atoms with Crippen LogP contribution in [0.25, 0.3) is 0 Å². The largest absolute Gasteiger partial charge is 0.459 e. The number of benzene rings is 1. The highest BCUT2D eigenvalue weighted by atomic mass is 79.9. The molecule has 2 rings (SSSR count). The molecule has 1 heterocycles. The SMILES string of the molecule is C=CCC(=O)OCc1c(Br)ccn1S(=O)(=O)c1ccc(C)cc1. The van der Waals surface area contributed by atoms with E-state index in [1.54, 1.807) is 30.3 Å². The second-order valence-electron chi connectivity index (χ2n) is 4.88. The summed E-state index contributed by atoms with van der Waals surface area (Å²) >= 11 is 3.29. The highest BCUT2D eigenvalue weighted by Gasteiger charge is 2.22. The number of carbonyl (C=O) groups excluding carboxylic acids is 1. The van der Waals surface area contributed by atoms with Crippen molar-refractivity contribution in [3.05, 3.63) is 64.9 Å². The first-order valence-electron chi connectivity index (χ1n) is 6.80. The van der Waals surface area contributed by atoms with Crippen LogP contribution in [0.3, 0.4) is 0 Å². The molecule has 2 aromatic rings. The molecule has 7 heteroatoms. The molecule has 0 aliphatic carbocycles. The number of esters is 1. The maximum Gasteiger partial charge on any atom is 0.310 e. The number of hydrogen-bond donors (Lipinski definition) is 0. The van der Waals surface area contributed by atoms with Gasteiger partial charge in [0.15, 0.2) is 0 Å². The highest BCUT2D eigenvalue weighted by Crippen LogP contribution is 2.24. The Balaban J connectivity index is 2.34. The van der Waals surface area contributed by atoms with Crippen LogP contribution >= 0.6 is 15.9 Å². The van der Waals surface area contributed by atoms with E-state index in [0.717, 1.165) is 9.54 Å². The predicted molar refractivity (Wildman–Crippen MR) is 90.5 cm³/mol. The molecule has 0 radical (unpaired) electrons. The van der Waals surface area contributed by atoms with Crippen molar-refractivity contribution in [1.82, 2.24) is 3.97 Å². The van der Waals surface area contributed by atoms with Crippen molar-refractivity contribution in [2.75, 3.05) is 0 Å². The van der Waals surface area contributed by atoms with Crippen LogP contribution < -0.4 is 0 Å². The van der Waals surface area contributed by atoms with Gasteiger partial charge in [-0.05, 0) is 41.1 Å².